The molecule has 0 bridgehead atoms. The first-order valence-corrected chi connectivity index (χ1v) is 5.92. The number of carboxylic acids is 1. The Balaban J connectivity index is 2.66. The lowest BCUT2D eigenvalue weighted by Crippen LogP contribution is -2.46. The number of nitrogens with two attached hydrogens (primary N) is 1. The van der Waals surface area contributed by atoms with Crippen molar-refractivity contribution in [3.63, 3.8) is 0 Å². The van der Waals surface area contributed by atoms with Gasteiger partial charge >= 0.3 is 5.97 Å². The molecule has 1 unspecified atom stereocenters. The zero-order valence-electron chi connectivity index (χ0n) is 9.83. The van der Waals surface area contributed by atoms with Crippen LogP contribution in [0.3, 0.4) is 0 Å². The lowest BCUT2D eigenvalue weighted by atomic mass is 9.70. The van der Waals surface area contributed by atoms with Crippen LogP contribution < -0.4 is 5.73 Å². The number of aliphatic carboxylic acids is 1. The zero-order chi connectivity index (χ0) is 11.5. The van der Waals surface area contributed by atoms with Gasteiger partial charge in [-0.3, -0.25) is 4.79 Å². The number of rotatable bonds is 4. The molecule has 3 heteroatoms. The summed E-state index contributed by atoms with van der Waals surface area (Å²) in [6.45, 7) is 3.91. The van der Waals surface area contributed by atoms with E-state index in [1.54, 1.807) is 0 Å². The van der Waals surface area contributed by atoms with Crippen LogP contribution in [0.15, 0.2) is 0 Å². The Kier molecular flexibility index (Phi) is 4.14. The van der Waals surface area contributed by atoms with Crippen molar-refractivity contribution >= 4 is 5.97 Å². The summed E-state index contributed by atoms with van der Waals surface area (Å²) in [6, 6.07) is 0. The van der Waals surface area contributed by atoms with E-state index in [4.69, 9.17) is 10.8 Å². The van der Waals surface area contributed by atoms with Crippen LogP contribution in [0.4, 0.5) is 0 Å². The quantitative estimate of drug-likeness (QED) is 0.753. The van der Waals surface area contributed by atoms with Gasteiger partial charge in [-0.25, -0.2) is 0 Å². The van der Waals surface area contributed by atoms with Gasteiger partial charge in [0.2, 0.25) is 0 Å². The summed E-state index contributed by atoms with van der Waals surface area (Å²) >= 11 is 0. The van der Waals surface area contributed by atoms with Crippen LogP contribution in [0.1, 0.15) is 52.4 Å². The predicted octanol–water partition coefficient (Wildman–Crippen LogP) is 2.39. The van der Waals surface area contributed by atoms with Crippen LogP contribution in [0.5, 0.6) is 0 Å². The van der Waals surface area contributed by atoms with Gasteiger partial charge in [-0.2, -0.15) is 0 Å². The number of carbonyl (C=O) groups is 1. The molecule has 15 heavy (non-hydrogen) atoms. The monoisotopic (exact) mass is 213 g/mol. The Morgan fingerprint density at radius 1 is 1.40 bits per heavy atom. The molecule has 0 saturated heterocycles. The molecular weight excluding hydrogens is 190 g/mol. The molecule has 88 valence electrons. The van der Waals surface area contributed by atoms with Crippen molar-refractivity contribution in [3.05, 3.63) is 0 Å². The molecule has 0 amide bonds. The first-order valence-electron chi connectivity index (χ1n) is 5.92. The molecule has 0 heterocycles. The van der Waals surface area contributed by atoms with Crippen molar-refractivity contribution in [1.82, 2.24) is 0 Å². The highest BCUT2D eigenvalue weighted by Gasteiger charge is 2.34. The highest BCUT2D eigenvalue weighted by molar-refractivity contribution is 5.67. The van der Waals surface area contributed by atoms with Crippen LogP contribution in [-0.4, -0.2) is 16.6 Å². The highest BCUT2D eigenvalue weighted by Crippen LogP contribution is 2.36. The van der Waals surface area contributed by atoms with Crippen molar-refractivity contribution in [3.8, 4) is 0 Å². The predicted molar refractivity (Wildman–Crippen MR) is 60.6 cm³/mol. The van der Waals surface area contributed by atoms with Gasteiger partial charge in [0.15, 0.2) is 0 Å². The van der Waals surface area contributed by atoms with Crippen molar-refractivity contribution < 1.29 is 9.90 Å². The maximum Gasteiger partial charge on any atom is 0.303 e. The van der Waals surface area contributed by atoms with Gasteiger partial charge in [0.1, 0.15) is 0 Å². The lowest BCUT2D eigenvalue weighted by Gasteiger charge is -2.38. The average molecular weight is 213 g/mol. The molecule has 3 nitrogen and oxygen atoms in total. The second-order valence-corrected chi connectivity index (χ2v) is 5.42. The second kappa shape index (κ2) is 4.97. The number of hydrogen-bond acceptors (Lipinski definition) is 2. The van der Waals surface area contributed by atoms with E-state index in [1.807, 2.05) is 13.8 Å². The summed E-state index contributed by atoms with van der Waals surface area (Å²) in [5.74, 6) is -0.0887. The maximum absolute atomic E-state index is 10.8. The van der Waals surface area contributed by atoms with Crippen LogP contribution in [0, 0.1) is 11.8 Å². The molecule has 0 radical (unpaired) electrons. The molecule has 0 aromatic heterocycles. The molecule has 1 atom stereocenters. The normalized spacial score (nSPS) is 21.3. The van der Waals surface area contributed by atoms with E-state index in [0.29, 0.717) is 5.92 Å². The number of hydrogen-bond donors (Lipinski definition) is 2. The summed E-state index contributed by atoms with van der Waals surface area (Å²) in [5.41, 5.74) is 5.72. The minimum atomic E-state index is -0.718. The van der Waals surface area contributed by atoms with Crippen molar-refractivity contribution in [2.75, 3.05) is 0 Å². The van der Waals surface area contributed by atoms with Crippen LogP contribution >= 0.6 is 0 Å². The Bertz CT molecular complexity index is 214. The fraction of sp³-hybridized carbons (Fsp3) is 0.917. The average Bonchev–Trinajstić information content (AvgIpc) is 2.14. The summed E-state index contributed by atoms with van der Waals surface area (Å²) in [7, 11) is 0. The minimum absolute atomic E-state index is 0.121. The van der Waals surface area contributed by atoms with E-state index in [9.17, 15) is 4.79 Å². The maximum atomic E-state index is 10.8. The zero-order valence-corrected chi connectivity index (χ0v) is 9.83. The van der Waals surface area contributed by atoms with Gasteiger partial charge in [0.05, 0.1) is 6.42 Å². The number of carboxylic acid groups (broad SMARTS) is 1. The van der Waals surface area contributed by atoms with Crippen molar-refractivity contribution in [2.45, 2.75) is 57.9 Å². The van der Waals surface area contributed by atoms with Gasteiger partial charge in [-0.1, -0.05) is 32.1 Å². The van der Waals surface area contributed by atoms with E-state index in [2.05, 4.69) is 0 Å². The third kappa shape index (κ3) is 3.82. The van der Waals surface area contributed by atoms with Crippen LogP contribution in [0.25, 0.3) is 0 Å². The van der Waals surface area contributed by atoms with E-state index < -0.39 is 5.97 Å². The molecule has 3 N–H and O–H groups in total. The summed E-state index contributed by atoms with van der Waals surface area (Å²) in [4.78, 5) is 10.8. The van der Waals surface area contributed by atoms with Crippen LogP contribution in [-0.2, 0) is 4.79 Å². The molecule has 1 aliphatic carbocycles. The molecule has 1 aliphatic rings. The van der Waals surface area contributed by atoms with Crippen LogP contribution in [0.2, 0.25) is 0 Å². The third-order valence-corrected chi connectivity index (χ3v) is 3.57. The van der Waals surface area contributed by atoms with Crippen molar-refractivity contribution in [2.24, 2.45) is 17.6 Å². The Morgan fingerprint density at radius 3 is 2.33 bits per heavy atom. The molecule has 0 aromatic carbocycles. The summed E-state index contributed by atoms with van der Waals surface area (Å²) < 4.78 is 0. The van der Waals surface area contributed by atoms with E-state index >= 15 is 0 Å². The van der Waals surface area contributed by atoms with E-state index in [1.165, 1.54) is 19.3 Å². The standard InChI is InChI=1S/C12H23NO2/c1-12(2,13)10(8-11(14)15)9-6-4-3-5-7-9/h9-10H,3-8,13H2,1-2H3,(H,14,15). The molecule has 0 aliphatic heterocycles. The first kappa shape index (κ1) is 12.5. The SMILES string of the molecule is CC(C)(N)C(CC(=O)O)C1CCCCC1. The minimum Gasteiger partial charge on any atom is -0.481 e. The third-order valence-electron chi connectivity index (χ3n) is 3.57. The molecule has 1 rings (SSSR count). The molecule has 0 aromatic rings. The first-order chi connectivity index (χ1) is 6.91. The van der Waals surface area contributed by atoms with Gasteiger partial charge in [-0.15, -0.1) is 0 Å². The summed E-state index contributed by atoms with van der Waals surface area (Å²) in [5, 5.41) is 8.92. The lowest BCUT2D eigenvalue weighted by molar-refractivity contribution is -0.139. The van der Waals surface area contributed by atoms with E-state index in [-0.39, 0.29) is 17.9 Å². The van der Waals surface area contributed by atoms with Gasteiger partial charge in [-0.05, 0) is 25.7 Å². The molecule has 1 saturated carbocycles. The Labute approximate surface area is 92.0 Å². The molecule has 0 spiro atoms. The largest absolute Gasteiger partial charge is 0.481 e. The van der Waals surface area contributed by atoms with Gasteiger partial charge in [0, 0.05) is 5.54 Å². The molecule has 1 fully saturated rings. The van der Waals surface area contributed by atoms with Gasteiger partial charge < -0.3 is 10.8 Å². The fourth-order valence-electron chi connectivity index (χ4n) is 2.76. The fourth-order valence-corrected chi connectivity index (χ4v) is 2.76. The molecular formula is C12H23NO2. The second-order valence-electron chi connectivity index (χ2n) is 5.42. The topological polar surface area (TPSA) is 63.3 Å². The van der Waals surface area contributed by atoms with Gasteiger partial charge in [0.25, 0.3) is 0 Å². The summed E-state index contributed by atoms with van der Waals surface area (Å²) in [6.07, 6.45) is 6.28. The highest BCUT2D eigenvalue weighted by atomic mass is 16.4. The Morgan fingerprint density at radius 2 is 1.93 bits per heavy atom. The van der Waals surface area contributed by atoms with E-state index in [0.717, 1.165) is 12.8 Å². The smallest absolute Gasteiger partial charge is 0.303 e. The Hall–Kier alpha value is -0.570. The van der Waals surface area contributed by atoms with Crippen molar-refractivity contribution in [1.29, 1.82) is 0 Å².